The molecule has 0 bridgehead atoms. The second-order valence-electron chi connectivity index (χ2n) is 6.33. The first-order valence-electron chi connectivity index (χ1n) is 6.86. The summed E-state index contributed by atoms with van der Waals surface area (Å²) in [5, 5.41) is 0. The molecule has 17 heavy (non-hydrogen) atoms. The van der Waals surface area contributed by atoms with E-state index < -0.39 is 0 Å². The van der Waals surface area contributed by atoms with Crippen molar-refractivity contribution < 1.29 is 0 Å². The highest BCUT2D eigenvalue weighted by Gasteiger charge is 2.22. The first-order valence-corrected chi connectivity index (χ1v) is 6.86. The second kappa shape index (κ2) is 4.81. The molecule has 1 atom stereocenters. The fourth-order valence-corrected chi connectivity index (χ4v) is 2.88. The van der Waals surface area contributed by atoms with Gasteiger partial charge in [0.25, 0.3) is 0 Å². The maximum atomic E-state index is 5.72. The summed E-state index contributed by atoms with van der Waals surface area (Å²) in [6.07, 6.45) is 5.03. The van der Waals surface area contributed by atoms with E-state index in [2.05, 4.69) is 39.0 Å². The molecule has 94 valence electrons. The van der Waals surface area contributed by atoms with Crippen molar-refractivity contribution in [1.29, 1.82) is 0 Å². The highest BCUT2D eigenvalue weighted by Crippen LogP contribution is 2.36. The zero-order valence-corrected chi connectivity index (χ0v) is 11.4. The molecule has 1 heteroatoms. The number of aryl methyl sites for hydroxylation is 1. The Hall–Kier alpha value is -0.820. The summed E-state index contributed by atoms with van der Waals surface area (Å²) in [6.45, 7) is 7.67. The average Bonchev–Trinajstić information content (AvgIpc) is 2.28. The quantitative estimate of drug-likeness (QED) is 0.824. The van der Waals surface area contributed by atoms with Crippen LogP contribution in [-0.4, -0.2) is 6.54 Å². The third-order valence-corrected chi connectivity index (χ3v) is 3.96. The zero-order valence-electron chi connectivity index (χ0n) is 11.4. The van der Waals surface area contributed by atoms with Gasteiger partial charge in [0.15, 0.2) is 0 Å². The molecule has 1 aromatic rings. The largest absolute Gasteiger partial charge is 0.330 e. The van der Waals surface area contributed by atoms with Crippen molar-refractivity contribution in [2.45, 2.75) is 57.8 Å². The Bertz CT molecular complexity index is 387. The fraction of sp³-hybridized carbons (Fsp3) is 0.625. The minimum atomic E-state index is 0.260. The van der Waals surface area contributed by atoms with Crippen molar-refractivity contribution in [1.82, 2.24) is 0 Å². The number of rotatable bonds is 2. The Morgan fingerprint density at radius 2 is 2.06 bits per heavy atom. The summed E-state index contributed by atoms with van der Waals surface area (Å²) in [5.74, 6) is 0.706. The molecule has 0 aliphatic heterocycles. The van der Waals surface area contributed by atoms with Crippen LogP contribution in [0.2, 0.25) is 0 Å². The molecule has 0 heterocycles. The van der Waals surface area contributed by atoms with E-state index in [-0.39, 0.29) is 5.41 Å². The van der Waals surface area contributed by atoms with E-state index in [9.17, 15) is 0 Å². The number of benzene rings is 1. The molecule has 0 aromatic heterocycles. The van der Waals surface area contributed by atoms with Crippen molar-refractivity contribution in [3.63, 3.8) is 0 Å². The van der Waals surface area contributed by atoms with Crippen LogP contribution < -0.4 is 5.73 Å². The van der Waals surface area contributed by atoms with Crippen molar-refractivity contribution in [3.05, 3.63) is 34.9 Å². The molecule has 0 spiro atoms. The number of hydrogen-bond donors (Lipinski definition) is 1. The van der Waals surface area contributed by atoms with Crippen LogP contribution in [0.1, 0.15) is 62.6 Å². The summed E-state index contributed by atoms with van der Waals surface area (Å²) in [5.41, 5.74) is 10.6. The topological polar surface area (TPSA) is 26.0 Å². The van der Waals surface area contributed by atoms with Crippen LogP contribution in [-0.2, 0) is 11.8 Å². The molecule has 2 rings (SSSR count). The molecule has 0 amide bonds. The fourth-order valence-electron chi connectivity index (χ4n) is 2.88. The van der Waals surface area contributed by atoms with Gasteiger partial charge in [-0.1, -0.05) is 39.0 Å². The van der Waals surface area contributed by atoms with E-state index in [0.29, 0.717) is 5.92 Å². The number of fused-ring (bicyclic) bond motifs is 1. The van der Waals surface area contributed by atoms with Gasteiger partial charge in [0, 0.05) is 0 Å². The molecule has 2 N–H and O–H groups in total. The van der Waals surface area contributed by atoms with E-state index in [1.807, 2.05) is 0 Å². The highest BCUT2D eigenvalue weighted by atomic mass is 14.5. The SMILES string of the molecule is CC(C)(C)c1ccc2c(c1)CCCC2CCN. The molecule has 0 saturated carbocycles. The molecule has 1 aliphatic rings. The number of hydrogen-bond acceptors (Lipinski definition) is 1. The van der Waals surface area contributed by atoms with Crippen LogP contribution in [0.25, 0.3) is 0 Å². The average molecular weight is 231 g/mol. The maximum absolute atomic E-state index is 5.72. The van der Waals surface area contributed by atoms with Gasteiger partial charge >= 0.3 is 0 Å². The van der Waals surface area contributed by atoms with Crippen LogP contribution in [0.3, 0.4) is 0 Å². The summed E-state index contributed by atoms with van der Waals surface area (Å²) in [6, 6.07) is 7.10. The summed E-state index contributed by atoms with van der Waals surface area (Å²) < 4.78 is 0. The van der Waals surface area contributed by atoms with Crippen molar-refractivity contribution in [2.75, 3.05) is 6.54 Å². The van der Waals surface area contributed by atoms with E-state index in [1.165, 1.54) is 24.8 Å². The molecule has 1 aromatic carbocycles. The first-order chi connectivity index (χ1) is 8.02. The molecule has 0 saturated heterocycles. The van der Waals surface area contributed by atoms with Gasteiger partial charge in [-0.2, -0.15) is 0 Å². The lowest BCUT2D eigenvalue weighted by Gasteiger charge is -2.28. The van der Waals surface area contributed by atoms with Gasteiger partial charge in [-0.3, -0.25) is 0 Å². The van der Waals surface area contributed by atoms with Crippen LogP contribution in [0, 0.1) is 0 Å². The lowest BCUT2D eigenvalue weighted by atomic mass is 9.77. The normalized spacial score (nSPS) is 20.1. The molecule has 0 radical (unpaired) electrons. The van der Waals surface area contributed by atoms with Crippen LogP contribution in [0.15, 0.2) is 18.2 Å². The molecular weight excluding hydrogens is 206 g/mol. The lowest BCUT2D eigenvalue weighted by Crippen LogP contribution is -2.17. The van der Waals surface area contributed by atoms with Gasteiger partial charge in [0.05, 0.1) is 0 Å². The highest BCUT2D eigenvalue weighted by molar-refractivity contribution is 5.38. The third-order valence-electron chi connectivity index (χ3n) is 3.96. The molecule has 0 fully saturated rings. The minimum Gasteiger partial charge on any atom is -0.330 e. The van der Waals surface area contributed by atoms with E-state index in [4.69, 9.17) is 5.73 Å². The van der Waals surface area contributed by atoms with Gasteiger partial charge in [0.1, 0.15) is 0 Å². The van der Waals surface area contributed by atoms with Crippen molar-refractivity contribution in [2.24, 2.45) is 5.73 Å². The van der Waals surface area contributed by atoms with Gasteiger partial charge in [-0.25, -0.2) is 0 Å². The lowest BCUT2D eigenvalue weighted by molar-refractivity contribution is 0.522. The van der Waals surface area contributed by atoms with Gasteiger partial charge in [0.2, 0.25) is 0 Å². The number of nitrogens with two attached hydrogens (primary N) is 1. The van der Waals surface area contributed by atoms with E-state index >= 15 is 0 Å². The Morgan fingerprint density at radius 1 is 1.29 bits per heavy atom. The van der Waals surface area contributed by atoms with Crippen LogP contribution in [0.4, 0.5) is 0 Å². The third kappa shape index (κ3) is 2.71. The predicted octanol–water partition coefficient (Wildman–Crippen LogP) is 3.75. The van der Waals surface area contributed by atoms with Crippen molar-refractivity contribution >= 4 is 0 Å². The zero-order chi connectivity index (χ0) is 12.5. The predicted molar refractivity (Wildman–Crippen MR) is 74.5 cm³/mol. The summed E-state index contributed by atoms with van der Waals surface area (Å²) >= 11 is 0. The summed E-state index contributed by atoms with van der Waals surface area (Å²) in [4.78, 5) is 0. The van der Waals surface area contributed by atoms with E-state index in [0.717, 1.165) is 13.0 Å². The maximum Gasteiger partial charge on any atom is -0.00714 e. The standard InChI is InChI=1S/C16H25N/c1-16(2,3)14-7-8-15-12(9-10-17)5-4-6-13(15)11-14/h7-8,11-12H,4-6,9-10,17H2,1-3H3. The van der Waals surface area contributed by atoms with Gasteiger partial charge in [-0.15, -0.1) is 0 Å². The Balaban J connectivity index is 2.33. The molecular formula is C16H25N. The minimum absolute atomic E-state index is 0.260. The Morgan fingerprint density at radius 3 is 2.71 bits per heavy atom. The van der Waals surface area contributed by atoms with E-state index in [1.54, 1.807) is 11.1 Å². The molecule has 1 unspecified atom stereocenters. The van der Waals surface area contributed by atoms with Crippen LogP contribution in [0.5, 0.6) is 0 Å². The van der Waals surface area contributed by atoms with Gasteiger partial charge in [-0.05, 0) is 60.3 Å². The Labute approximate surface area is 105 Å². The second-order valence-corrected chi connectivity index (χ2v) is 6.33. The Kier molecular flexibility index (Phi) is 3.58. The smallest absolute Gasteiger partial charge is 0.00714 e. The van der Waals surface area contributed by atoms with Gasteiger partial charge < -0.3 is 5.73 Å². The van der Waals surface area contributed by atoms with Crippen LogP contribution >= 0.6 is 0 Å². The monoisotopic (exact) mass is 231 g/mol. The molecule has 1 nitrogen and oxygen atoms in total. The molecule has 1 aliphatic carbocycles. The first kappa shape index (κ1) is 12.6. The van der Waals surface area contributed by atoms with Crippen molar-refractivity contribution in [3.8, 4) is 0 Å². The summed E-state index contributed by atoms with van der Waals surface area (Å²) in [7, 11) is 0.